The number of hydrogen-bond acceptors (Lipinski definition) is 5. The van der Waals surface area contributed by atoms with Crippen LogP contribution in [0.15, 0.2) is 18.2 Å². The molecule has 2 N–H and O–H groups in total. The second kappa shape index (κ2) is 8.15. The summed E-state index contributed by atoms with van der Waals surface area (Å²) in [5.41, 5.74) is -2.44. The van der Waals surface area contributed by atoms with Crippen LogP contribution in [0.3, 0.4) is 0 Å². The number of hydrogen-bond donors (Lipinski definition) is 2. The quantitative estimate of drug-likeness (QED) is 0.460. The van der Waals surface area contributed by atoms with Gasteiger partial charge >= 0.3 is 12.3 Å². The van der Waals surface area contributed by atoms with Gasteiger partial charge in [-0.25, -0.2) is 4.79 Å². The maximum absolute atomic E-state index is 13.0. The number of nitro benzene ring substituents is 1. The highest BCUT2D eigenvalue weighted by molar-refractivity contribution is 5.67. The molecule has 0 unspecified atom stereocenters. The fourth-order valence-electron chi connectivity index (χ4n) is 1.89. The van der Waals surface area contributed by atoms with Crippen molar-refractivity contribution in [2.75, 3.05) is 13.1 Å². The monoisotopic (exact) mass is 363 g/mol. The number of nitro groups is 1. The zero-order chi connectivity index (χ0) is 19.3. The Hall–Kier alpha value is -2.36. The third-order valence-corrected chi connectivity index (χ3v) is 2.90. The van der Waals surface area contributed by atoms with Crippen LogP contribution in [-0.4, -0.2) is 29.7 Å². The SMILES string of the molecule is CC(C)(C)OC(=O)NCCNCc1ccc([N+](=O)[O-])cc1C(F)(F)F. The van der Waals surface area contributed by atoms with Gasteiger partial charge in [0, 0.05) is 31.8 Å². The Labute approximate surface area is 142 Å². The lowest BCUT2D eigenvalue weighted by atomic mass is 10.1. The molecule has 25 heavy (non-hydrogen) atoms. The van der Waals surface area contributed by atoms with E-state index in [2.05, 4.69) is 10.6 Å². The lowest BCUT2D eigenvalue weighted by Crippen LogP contribution is -2.36. The Kier molecular flexibility index (Phi) is 6.74. The van der Waals surface area contributed by atoms with E-state index in [1.807, 2.05) is 0 Å². The van der Waals surface area contributed by atoms with Gasteiger partial charge in [-0.2, -0.15) is 13.2 Å². The predicted molar refractivity (Wildman–Crippen MR) is 84.0 cm³/mol. The second-order valence-electron chi connectivity index (χ2n) is 6.20. The highest BCUT2D eigenvalue weighted by Crippen LogP contribution is 2.34. The summed E-state index contributed by atoms with van der Waals surface area (Å²) in [4.78, 5) is 21.2. The minimum atomic E-state index is -4.70. The van der Waals surface area contributed by atoms with Gasteiger partial charge in [0.1, 0.15) is 5.60 Å². The van der Waals surface area contributed by atoms with Gasteiger partial charge in [-0.05, 0) is 26.3 Å². The number of benzene rings is 1. The van der Waals surface area contributed by atoms with E-state index in [-0.39, 0.29) is 25.2 Å². The Morgan fingerprint density at radius 2 is 1.88 bits per heavy atom. The molecule has 1 rings (SSSR count). The van der Waals surface area contributed by atoms with Gasteiger partial charge in [-0.1, -0.05) is 6.07 Å². The molecule has 140 valence electrons. The first-order valence-corrected chi connectivity index (χ1v) is 7.42. The summed E-state index contributed by atoms with van der Waals surface area (Å²) in [6, 6.07) is 2.59. The van der Waals surface area contributed by atoms with Crippen molar-refractivity contribution in [3.8, 4) is 0 Å². The number of non-ortho nitro benzene ring substituents is 1. The van der Waals surface area contributed by atoms with Gasteiger partial charge in [-0.15, -0.1) is 0 Å². The molecule has 0 aliphatic carbocycles. The molecule has 0 aliphatic heterocycles. The first-order valence-electron chi connectivity index (χ1n) is 7.42. The molecule has 1 aromatic rings. The largest absolute Gasteiger partial charge is 0.444 e. The number of carbonyl (C=O) groups excluding carboxylic acids is 1. The molecular formula is C15H20F3N3O4. The molecule has 0 saturated heterocycles. The van der Waals surface area contributed by atoms with E-state index in [1.165, 1.54) is 0 Å². The maximum Gasteiger partial charge on any atom is 0.416 e. The van der Waals surface area contributed by atoms with Crippen molar-refractivity contribution >= 4 is 11.8 Å². The predicted octanol–water partition coefficient (Wildman–Crippen LogP) is 3.23. The normalized spacial score (nSPS) is 11.9. The van der Waals surface area contributed by atoms with Crippen molar-refractivity contribution in [1.29, 1.82) is 0 Å². The molecule has 0 aromatic heterocycles. The third-order valence-electron chi connectivity index (χ3n) is 2.90. The summed E-state index contributed by atoms with van der Waals surface area (Å²) < 4.78 is 44.0. The summed E-state index contributed by atoms with van der Waals surface area (Å²) in [5.74, 6) is 0. The van der Waals surface area contributed by atoms with Gasteiger partial charge in [0.05, 0.1) is 10.5 Å². The van der Waals surface area contributed by atoms with Crippen LogP contribution in [0.2, 0.25) is 0 Å². The van der Waals surface area contributed by atoms with E-state index in [0.717, 1.165) is 12.1 Å². The summed E-state index contributed by atoms with van der Waals surface area (Å²) >= 11 is 0. The molecule has 0 spiro atoms. The van der Waals surface area contributed by atoms with Crippen LogP contribution in [0, 0.1) is 10.1 Å². The molecular weight excluding hydrogens is 343 g/mol. The Morgan fingerprint density at radius 3 is 2.40 bits per heavy atom. The van der Waals surface area contributed by atoms with Crippen LogP contribution in [0.5, 0.6) is 0 Å². The molecule has 0 fully saturated rings. The van der Waals surface area contributed by atoms with Crippen molar-refractivity contribution in [2.45, 2.75) is 39.1 Å². The van der Waals surface area contributed by atoms with E-state index >= 15 is 0 Å². The summed E-state index contributed by atoms with van der Waals surface area (Å²) in [6.07, 6.45) is -5.32. The van der Waals surface area contributed by atoms with Crippen LogP contribution >= 0.6 is 0 Å². The van der Waals surface area contributed by atoms with Crippen LogP contribution in [0.4, 0.5) is 23.7 Å². The van der Waals surface area contributed by atoms with Gasteiger partial charge in [0.2, 0.25) is 0 Å². The van der Waals surface area contributed by atoms with E-state index in [1.54, 1.807) is 20.8 Å². The number of alkyl carbamates (subject to hydrolysis) is 1. The zero-order valence-electron chi connectivity index (χ0n) is 14.1. The van der Waals surface area contributed by atoms with E-state index < -0.39 is 34.0 Å². The molecule has 0 radical (unpaired) electrons. The minimum absolute atomic E-state index is 0.115. The summed E-state index contributed by atoms with van der Waals surface area (Å²) in [6.45, 7) is 5.33. The molecule has 0 bridgehead atoms. The Morgan fingerprint density at radius 1 is 1.24 bits per heavy atom. The zero-order valence-corrected chi connectivity index (χ0v) is 14.1. The molecule has 1 amide bonds. The van der Waals surface area contributed by atoms with Gasteiger partial charge < -0.3 is 15.4 Å². The van der Waals surface area contributed by atoms with E-state index in [9.17, 15) is 28.1 Å². The molecule has 10 heteroatoms. The van der Waals surface area contributed by atoms with Crippen LogP contribution in [0.25, 0.3) is 0 Å². The van der Waals surface area contributed by atoms with Crippen molar-refractivity contribution in [3.63, 3.8) is 0 Å². The number of nitrogens with zero attached hydrogens (tertiary/aromatic N) is 1. The van der Waals surface area contributed by atoms with Crippen LogP contribution < -0.4 is 10.6 Å². The molecule has 0 saturated carbocycles. The van der Waals surface area contributed by atoms with Gasteiger partial charge in [-0.3, -0.25) is 10.1 Å². The molecule has 0 heterocycles. The van der Waals surface area contributed by atoms with Crippen LogP contribution in [0.1, 0.15) is 31.9 Å². The topological polar surface area (TPSA) is 93.5 Å². The highest BCUT2D eigenvalue weighted by atomic mass is 19.4. The number of ether oxygens (including phenoxy) is 1. The molecule has 1 aromatic carbocycles. The highest BCUT2D eigenvalue weighted by Gasteiger charge is 2.34. The number of rotatable bonds is 6. The van der Waals surface area contributed by atoms with Crippen molar-refractivity contribution in [2.24, 2.45) is 0 Å². The van der Waals surface area contributed by atoms with Crippen LogP contribution in [-0.2, 0) is 17.5 Å². The Bertz CT molecular complexity index is 627. The lowest BCUT2D eigenvalue weighted by molar-refractivity contribution is -0.385. The summed E-state index contributed by atoms with van der Waals surface area (Å²) in [5, 5.41) is 15.8. The number of alkyl halides is 3. The molecule has 0 atom stereocenters. The standard InChI is InChI=1S/C15H20F3N3O4/c1-14(2,3)25-13(22)20-7-6-19-9-10-4-5-11(21(23)24)8-12(10)15(16,17)18/h4-5,8,19H,6-7,9H2,1-3H3,(H,20,22). The fourth-order valence-corrected chi connectivity index (χ4v) is 1.89. The molecule has 7 nitrogen and oxygen atoms in total. The van der Waals surface area contributed by atoms with E-state index in [0.29, 0.717) is 6.07 Å². The third kappa shape index (κ3) is 7.38. The smallest absolute Gasteiger partial charge is 0.416 e. The Balaban J connectivity index is 2.57. The second-order valence-corrected chi connectivity index (χ2v) is 6.20. The number of amides is 1. The van der Waals surface area contributed by atoms with Crippen molar-refractivity contribution < 1.29 is 27.6 Å². The lowest BCUT2D eigenvalue weighted by Gasteiger charge is -2.19. The maximum atomic E-state index is 13.0. The minimum Gasteiger partial charge on any atom is -0.444 e. The van der Waals surface area contributed by atoms with Crippen molar-refractivity contribution in [1.82, 2.24) is 10.6 Å². The number of carbonyl (C=O) groups is 1. The molecule has 0 aliphatic rings. The number of nitrogens with one attached hydrogen (secondary N) is 2. The summed E-state index contributed by atoms with van der Waals surface area (Å²) in [7, 11) is 0. The number of halogens is 3. The van der Waals surface area contributed by atoms with Crippen molar-refractivity contribution in [3.05, 3.63) is 39.4 Å². The first-order chi connectivity index (χ1) is 11.4. The van der Waals surface area contributed by atoms with E-state index in [4.69, 9.17) is 4.74 Å². The van der Waals surface area contributed by atoms with Gasteiger partial charge in [0.15, 0.2) is 0 Å². The van der Waals surface area contributed by atoms with Gasteiger partial charge in [0.25, 0.3) is 5.69 Å². The first kappa shape index (κ1) is 20.7. The fraction of sp³-hybridized carbons (Fsp3) is 0.533. The average molecular weight is 363 g/mol. The average Bonchev–Trinajstić information content (AvgIpc) is 2.43.